The van der Waals surface area contributed by atoms with Gasteiger partial charge in [-0.3, -0.25) is 4.79 Å². The number of nitrogens with one attached hydrogen (secondary N) is 3. The molecule has 0 radical (unpaired) electrons. The largest absolute Gasteiger partial charge is 0.387 e. The van der Waals surface area contributed by atoms with Gasteiger partial charge in [0.25, 0.3) is 5.91 Å². The van der Waals surface area contributed by atoms with Gasteiger partial charge in [-0.1, -0.05) is 35.9 Å². The smallest absolute Gasteiger partial charge is 0.316 e. The molecule has 4 rings (SSSR count). The zero-order chi connectivity index (χ0) is 18.8. The first-order chi connectivity index (χ1) is 13.1. The van der Waals surface area contributed by atoms with Gasteiger partial charge < -0.3 is 15.3 Å². The number of aromatic nitrogens is 2. The van der Waals surface area contributed by atoms with Crippen LogP contribution in [0.1, 0.15) is 28.3 Å². The van der Waals surface area contributed by atoms with Crippen molar-refractivity contribution in [3.05, 3.63) is 70.8 Å². The van der Waals surface area contributed by atoms with Crippen LogP contribution >= 0.6 is 11.6 Å². The number of carbonyl (C=O) groups excluding carboxylic acids is 1. The van der Waals surface area contributed by atoms with E-state index in [0.717, 1.165) is 43.0 Å². The molecule has 6 nitrogen and oxygen atoms in total. The summed E-state index contributed by atoms with van der Waals surface area (Å²) in [7, 11) is 0. The molecule has 0 aliphatic carbocycles. The molecule has 3 heterocycles. The fourth-order valence-corrected chi connectivity index (χ4v) is 3.87. The van der Waals surface area contributed by atoms with Gasteiger partial charge in [-0.05, 0) is 23.8 Å². The number of imidazole rings is 1. The standard InChI is InChI=1S/C20H21ClN4O2/c21-16-6-2-1-5-14(16)11-22-20(27)19-17-7-3-4-9-25(17)18(23-19)13-24-10-8-15(26)12-24/h1-7,9,15,26H,8,10-13H2,(H,22,27)/p+2. The number of fused-ring (bicyclic) bond motifs is 1. The highest BCUT2D eigenvalue weighted by Crippen LogP contribution is 2.15. The Hall–Kier alpha value is -2.41. The topological polar surface area (TPSA) is 73.7 Å². The second kappa shape index (κ2) is 7.68. The van der Waals surface area contributed by atoms with E-state index in [9.17, 15) is 9.90 Å². The van der Waals surface area contributed by atoms with Gasteiger partial charge in [0.15, 0.2) is 12.1 Å². The van der Waals surface area contributed by atoms with Crippen molar-refractivity contribution in [3.8, 4) is 0 Å². The number of carbonyl (C=O) groups is 1. The number of hydrogen-bond donors (Lipinski definition) is 4. The van der Waals surface area contributed by atoms with E-state index >= 15 is 0 Å². The van der Waals surface area contributed by atoms with Crippen molar-refractivity contribution in [2.45, 2.75) is 25.6 Å². The molecule has 2 atom stereocenters. The summed E-state index contributed by atoms with van der Waals surface area (Å²) >= 11 is 6.17. The fraction of sp³-hybridized carbons (Fsp3) is 0.300. The molecule has 2 unspecified atom stereocenters. The molecule has 4 N–H and O–H groups in total. The van der Waals surface area contributed by atoms with Gasteiger partial charge in [-0.15, -0.1) is 0 Å². The van der Waals surface area contributed by atoms with Crippen LogP contribution in [0.2, 0.25) is 5.02 Å². The predicted molar refractivity (Wildman–Crippen MR) is 102 cm³/mol. The Morgan fingerprint density at radius 1 is 1.30 bits per heavy atom. The Balaban J connectivity index is 1.56. The number of halogens is 1. The van der Waals surface area contributed by atoms with Crippen LogP contribution in [-0.4, -0.2) is 35.2 Å². The van der Waals surface area contributed by atoms with Crippen molar-refractivity contribution >= 4 is 23.0 Å². The second-order valence-corrected chi connectivity index (χ2v) is 7.41. The predicted octanol–water partition coefficient (Wildman–Crippen LogP) is 0.486. The maximum Gasteiger partial charge on any atom is 0.316 e. The van der Waals surface area contributed by atoms with Gasteiger partial charge in [0.05, 0.1) is 12.7 Å². The van der Waals surface area contributed by atoms with Gasteiger partial charge in [-0.25, -0.2) is 4.98 Å². The summed E-state index contributed by atoms with van der Waals surface area (Å²) in [5.41, 5.74) is 2.26. The van der Waals surface area contributed by atoms with Crippen molar-refractivity contribution in [1.29, 1.82) is 0 Å². The number of H-pyrrole nitrogens is 1. The van der Waals surface area contributed by atoms with Gasteiger partial charge in [-0.2, -0.15) is 4.40 Å². The number of quaternary nitrogens is 1. The van der Waals surface area contributed by atoms with Crippen molar-refractivity contribution in [3.63, 3.8) is 0 Å². The number of likely N-dealkylation sites (tertiary alicyclic amines) is 1. The average molecular weight is 387 g/mol. The van der Waals surface area contributed by atoms with Crippen molar-refractivity contribution < 1.29 is 19.2 Å². The van der Waals surface area contributed by atoms with E-state index in [1.54, 1.807) is 0 Å². The molecular weight excluding hydrogens is 364 g/mol. The third-order valence-electron chi connectivity index (χ3n) is 5.07. The molecule has 27 heavy (non-hydrogen) atoms. The summed E-state index contributed by atoms with van der Waals surface area (Å²) in [6.07, 6.45) is 2.55. The van der Waals surface area contributed by atoms with Crippen LogP contribution in [0.15, 0.2) is 48.7 Å². The average Bonchev–Trinajstić information content (AvgIpc) is 3.25. The van der Waals surface area contributed by atoms with Gasteiger partial charge in [0, 0.05) is 18.0 Å². The zero-order valence-corrected chi connectivity index (χ0v) is 15.7. The number of nitrogens with zero attached hydrogens (tertiary/aromatic N) is 1. The van der Waals surface area contributed by atoms with E-state index in [4.69, 9.17) is 11.6 Å². The van der Waals surface area contributed by atoms with Crippen LogP contribution < -0.4 is 14.6 Å². The van der Waals surface area contributed by atoms with Gasteiger partial charge >= 0.3 is 5.82 Å². The van der Waals surface area contributed by atoms with E-state index in [0.29, 0.717) is 17.3 Å². The first-order valence-corrected chi connectivity index (χ1v) is 9.54. The molecule has 2 aromatic heterocycles. The van der Waals surface area contributed by atoms with E-state index < -0.39 is 0 Å². The molecule has 7 heteroatoms. The van der Waals surface area contributed by atoms with Crippen LogP contribution in [0.3, 0.4) is 0 Å². The molecule has 1 aromatic carbocycles. The third-order valence-corrected chi connectivity index (χ3v) is 5.44. The lowest BCUT2D eigenvalue weighted by Crippen LogP contribution is -3.09. The monoisotopic (exact) mass is 386 g/mol. The van der Waals surface area contributed by atoms with Crippen LogP contribution in [-0.2, 0) is 13.1 Å². The van der Waals surface area contributed by atoms with Crippen LogP contribution in [0, 0.1) is 0 Å². The second-order valence-electron chi connectivity index (χ2n) is 7.00. The maximum absolute atomic E-state index is 12.8. The summed E-state index contributed by atoms with van der Waals surface area (Å²) in [5.74, 6) is 0.791. The van der Waals surface area contributed by atoms with Crippen molar-refractivity contribution in [1.82, 2.24) is 10.3 Å². The van der Waals surface area contributed by atoms with E-state index in [2.05, 4.69) is 10.3 Å². The highest BCUT2D eigenvalue weighted by Gasteiger charge is 2.30. The van der Waals surface area contributed by atoms with E-state index in [1.807, 2.05) is 53.1 Å². The molecular formula is C20H23ClN4O2+2. The molecule has 0 spiro atoms. The summed E-state index contributed by atoms with van der Waals surface area (Å²) in [6.45, 7) is 2.78. The van der Waals surface area contributed by atoms with Crippen LogP contribution in [0.5, 0.6) is 0 Å². The lowest BCUT2D eigenvalue weighted by Gasteiger charge is -2.08. The SMILES string of the molecule is O=C(NCc1ccccc1Cl)c1[nH]c(C[NH+]2CCC(O)C2)[n+]2ccccc12. The van der Waals surface area contributed by atoms with Gasteiger partial charge in [0.2, 0.25) is 5.69 Å². The molecule has 1 aliphatic rings. The normalized spacial score (nSPS) is 19.5. The third kappa shape index (κ3) is 3.83. The number of aromatic amines is 1. The number of aliphatic hydroxyl groups excluding tert-OH is 1. The van der Waals surface area contributed by atoms with E-state index in [1.165, 1.54) is 4.90 Å². The number of amides is 1. The summed E-state index contributed by atoms with van der Waals surface area (Å²) in [5, 5.41) is 13.4. The molecule has 3 aromatic rings. The maximum atomic E-state index is 12.8. The summed E-state index contributed by atoms with van der Waals surface area (Å²) in [6, 6.07) is 13.3. The molecule has 1 fully saturated rings. The molecule has 0 saturated carbocycles. The number of rotatable bonds is 5. The quantitative estimate of drug-likeness (QED) is 0.482. The Kier molecular flexibility index (Phi) is 5.11. The Bertz CT molecular complexity index is 972. The van der Waals surface area contributed by atoms with Crippen molar-refractivity contribution in [2.24, 2.45) is 0 Å². The summed E-state index contributed by atoms with van der Waals surface area (Å²) in [4.78, 5) is 17.4. The van der Waals surface area contributed by atoms with Gasteiger partial charge in [0.1, 0.15) is 12.6 Å². The van der Waals surface area contributed by atoms with Crippen molar-refractivity contribution in [2.75, 3.05) is 13.1 Å². The fourth-order valence-electron chi connectivity index (χ4n) is 3.66. The van der Waals surface area contributed by atoms with E-state index in [-0.39, 0.29) is 12.0 Å². The highest BCUT2D eigenvalue weighted by molar-refractivity contribution is 6.31. The Morgan fingerprint density at radius 2 is 2.11 bits per heavy atom. The Morgan fingerprint density at radius 3 is 2.89 bits per heavy atom. The number of pyridine rings is 1. The molecule has 1 saturated heterocycles. The molecule has 0 bridgehead atoms. The van der Waals surface area contributed by atoms with Crippen LogP contribution in [0.4, 0.5) is 0 Å². The number of benzene rings is 1. The Labute approximate surface area is 162 Å². The molecule has 1 aliphatic heterocycles. The number of aliphatic hydroxyl groups is 1. The minimum Gasteiger partial charge on any atom is -0.387 e. The number of hydrogen-bond acceptors (Lipinski definition) is 2. The minimum atomic E-state index is -0.232. The first-order valence-electron chi connectivity index (χ1n) is 9.16. The molecule has 140 valence electrons. The first kappa shape index (κ1) is 18.0. The minimum absolute atomic E-state index is 0.165. The lowest BCUT2D eigenvalue weighted by molar-refractivity contribution is -0.908. The lowest BCUT2D eigenvalue weighted by atomic mass is 10.2. The highest BCUT2D eigenvalue weighted by atomic mass is 35.5. The zero-order valence-electron chi connectivity index (χ0n) is 14.9. The van der Waals surface area contributed by atoms with Crippen LogP contribution in [0.25, 0.3) is 5.52 Å². The molecule has 1 amide bonds. The summed E-state index contributed by atoms with van der Waals surface area (Å²) < 4.78 is 2.02.